The molecule has 0 bridgehead atoms. The maximum absolute atomic E-state index is 8.90. The second kappa shape index (κ2) is 5.94. The van der Waals surface area contributed by atoms with Gasteiger partial charge in [-0.25, -0.2) is 0 Å². The van der Waals surface area contributed by atoms with Crippen LogP contribution in [0.2, 0.25) is 0 Å². The summed E-state index contributed by atoms with van der Waals surface area (Å²) in [5.41, 5.74) is 5.81. The summed E-state index contributed by atoms with van der Waals surface area (Å²) in [4.78, 5) is 2.54. The highest BCUT2D eigenvalue weighted by Gasteiger charge is 2.30. The van der Waals surface area contributed by atoms with Crippen molar-refractivity contribution < 1.29 is 0 Å². The summed E-state index contributed by atoms with van der Waals surface area (Å²) in [6.07, 6.45) is 2.43. The standard InChI is InChI=1S/C18H22N4/c1-13-18(14(2)21(3)20-13)17-5-4-10-22(17)12-16-8-6-15(11-19)7-9-16/h6-9,17H,4-5,10,12H2,1-3H3. The molecule has 0 radical (unpaired) electrons. The van der Waals surface area contributed by atoms with E-state index in [1.54, 1.807) is 0 Å². The second-order valence-corrected chi connectivity index (χ2v) is 6.15. The Balaban J connectivity index is 1.82. The Bertz CT molecular complexity index is 706. The Kier molecular flexibility index (Phi) is 4.00. The Morgan fingerprint density at radius 3 is 2.59 bits per heavy atom. The van der Waals surface area contributed by atoms with Crippen molar-refractivity contribution in [3.63, 3.8) is 0 Å². The molecule has 0 N–H and O–H groups in total. The fraction of sp³-hybridized carbons (Fsp3) is 0.444. The molecule has 22 heavy (non-hydrogen) atoms. The average Bonchev–Trinajstić information content (AvgIpc) is 3.05. The minimum absolute atomic E-state index is 0.462. The molecule has 114 valence electrons. The molecule has 1 atom stereocenters. The summed E-state index contributed by atoms with van der Waals surface area (Å²) in [5, 5.41) is 13.5. The number of benzene rings is 1. The van der Waals surface area contributed by atoms with Gasteiger partial charge in [0.15, 0.2) is 0 Å². The monoisotopic (exact) mass is 294 g/mol. The zero-order valence-electron chi connectivity index (χ0n) is 13.5. The molecule has 2 aromatic rings. The van der Waals surface area contributed by atoms with Crippen LogP contribution in [0, 0.1) is 25.2 Å². The van der Waals surface area contributed by atoms with Crippen LogP contribution < -0.4 is 0 Å². The number of nitrogens with zero attached hydrogens (tertiary/aromatic N) is 4. The topological polar surface area (TPSA) is 44.9 Å². The van der Waals surface area contributed by atoms with Gasteiger partial charge in [0.1, 0.15) is 0 Å². The third kappa shape index (κ3) is 2.65. The van der Waals surface area contributed by atoms with Gasteiger partial charge in [0.05, 0.1) is 17.3 Å². The predicted molar refractivity (Wildman–Crippen MR) is 86.2 cm³/mol. The number of aromatic nitrogens is 2. The summed E-state index contributed by atoms with van der Waals surface area (Å²) in [5.74, 6) is 0. The van der Waals surface area contributed by atoms with Gasteiger partial charge in [-0.2, -0.15) is 10.4 Å². The van der Waals surface area contributed by atoms with Crippen LogP contribution in [0.25, 0.3) is 0 Å². The second-order valence-electron chi connectivity index (χ2n) is 6.15. The Morgan fingerprint density at radius 1 is 1.27 bits per heavy atom. The highest BCUT2D eigenvalue weighted by molar-refractivity contribution is 5.32. The molecule has 1 aromatic heterocycles. The van der Waals surface area contributed by atoms with Crippen LogP contribution in [0.1, 0.15) is 47.0 Å². The molecule has 1 aliphatic rings. The van der Waals surface area contributed by atoms with E-state index in [-0.39, 0.29) is 0 Å². The van der Waals surface area contributed by atoms with Gasteiger partial charge < -0.3 is 0 Å². The van der Waals surface area contributed by atoms with Crippen molar-refractivity contribution in [2.75, 3.05) is 6.54 Å². The average molecular weight is 294 g/mol. The van der Waals surface area contributed by atoms with Gasteiger partial charge in [0, 0.05) is 30.9 Å². The Morgan fingerprint density at radius 2 is 2.00 bits per heavy atom. The zero-order valence-corrected chi connectivity index (χ0v) is 13.5. The molecule has 4 nitrogen and oxygen atoms in total. The molecule has 1 fully saturated rings. The highest BCUT2D eigenvalue weighted by atomic mass is 15.3. The van der Waals surface area contributed by atoms with Gasteiger partial charge in [0.2, 0.25) is 0 Å². The Hall–Kier alpha value is -2.12. The molecular formula is C18H22N4. The van der Waals surface area contributed by atoms with Crippen LogP contribution in [0.15, 0.2) is 24.3 Å². The first-order valence-corrected chi connectivity index (χ1v) is 7.83. The molecule has 3 rings (SSSR count). The van der Waals surface area contributed by atoms with Gasteiger partial charge in [-0.05, 0) is 50.9 Å². The van der Waals surface area contributed by atoms with Gasteiger partial charge in [0.25, 0.3) is 0 Å². The minimum atomic E-state index is 0.462. The molecule has 1 aliphatic heterocycles. The van der Waals surface area contributed by atoms with Gasteiger partial charge >= 0.3 is 0 Å². The van der Waals surface area contributed by atoms with Crippen LogP contribution in [0.3, 0.4) is 0 Å². The van der Waals surface area contributed by atoms with E-state index in [1.165, 1.54) is 29.7 Å². The third-order valence-electron chi connectivity index (χ3n) is 4.73. The number of hydrogen-bond acceptors (Lipinski definition) is 3. The van der Waals surface area contributed by atoms with E-state index >= 15 is 0 Å². The maximum Gasteiger partial charge on any atom is 0.0991 e. The molecular weight excluding hydrogens is 272 g/mol. The first-order chi connectivity index (χ1) is 10.6. The summed E-state index contributed by atoms with van der Waals surface area (Å²) in [6.45, 7) is 6.33. The fourth-order valence-corrected chi connectivity index (χ4v) is 3.53. The molecule has 4 heteroatoms. The van der Waals surface area contributed by atoms with Gasteiger partial charge in [-0.3, -0.25) is 9.58 Å². The molecule has 1 aromatic carbocycles. The lowest BCUT2D eigenvalue weighted by molar-refractivity contribution is 0.247. The van der Waals surface area contributed by atoms with E-state index in [2.05, 4.69) is 42.0 Å². The minimum Gasteiger partial charge on any atom is -0.292 e. The van der Waals surface area contributed by atoms with Crippen molar-refractivity contribution in [1.29, 1.82) is 5.26 Å². The van der Waals surface area contributed by atoms with Crippen molar-refractivity contribution in [1.82, 2.24) is 14.7 Å². The molecule has 1 saturated heterocycles. The zero-order chi connectivity index (χ0) is 15.7. The fourth-order valence-electron chi connectivity index (χ4n) is 3.53. The number of rotatable bonds is 3. The summed E-state index contributed by atoms with van der Waals surface area (Å²) in [7, 11) is 2.02. The van der Waals surface area contributed by atoms with Crippen LogP contribution >= 0.6 is 0 Å². The molecule has 0 spiro atoms. The lowest BCUT2D eigenvalue weighted by Gasteiger charge is -2.25. The molecule has 1 unspecified atom stereocenters. The SMILES string of the molecule is Cc1nn(C)c(C)c1C1CCCN1Cc1ccc(C#N)cc1. The van der Waals surface area contributed by atoms with E-state index in [9.17, 15) is 0 Å². The van der Waals surface area contributed by atoms with Gasteiger partial charge in [-0.15, -0.1) is 0 Å². The van der Waals surface area contributed by atoms with Crippen LogP contribution in [-0.2, 0) is 13.6 Å². The Labute approximate surface area is 132 Å². The summed E-state index contributed by atoms with van der Waals surface area (Å²) in [6, 6.07) is 10.6. The normalized spacial score (nSPS) is 18.5. The lowest BCUT2D eigenvalue weighted by atomic mass is 10.0. The van der Waals surface area contributed by atoms with Crippen molar-refractivity contribution in [3.8, 4) is 6.07 Å². The van der Waals surface area contributed by atoms with Crippen molar-refractivity contribution in [3.05, 3.63) is 52.3 Å². The highest BCUT2D eigenvalue weighted by Crippen LogP contribution is 2.36. The summed E-state index contributed by atoms with van der Waals surface area (Å²) < 4.78 is 1.99. The van der Waals surface area contributed by atoms with Crippen molar-refractivity contribution in [2.45, 2.75) is 39.3 Å². The number of aryl methyl sites for hydroxylation is 2. The predicted octanol–water partition coefficient (Wildman–Crippen LogP) is 3.25. The lowest BCUT2D eigenvalue weighted by Crippen LogP contribution is -2.23. The van der Waals surface area contributed by atoms with Crippen LogP contribution in [0.4, 0.5) is 0 Å². The first kappa shape index (κ1) is 14.8. The number of hydrogen-bond donors (Lipinski definition) is 0. The molecule has 2 heterocycles. The smallest absolute Gasteiger partial charge is 0.0991 e. The van der Waals surface area contributed by atoms with E-state index in [1.807, 2.05) is 23.9 Å². The molecule has 0 saturated carbocycles. The van der Waals surface area contributed by atoms with Crippen molar-refractivity contribution in [2.24, 2.45) is 7.05 Å². The quantitative estimate of drug-likeness (QED) is 0.873. The number of likely N-dealkylation sites (tertiary alicyclic amines) is 1. The van der Waals surface area contributed by atoms with E-state index < -0.39 is 0 Å². The van der Waals surface area contributed by atoms with E-state index in [0.29, 0.717) is 6.04 Å². The number of nitriles is 1. The first-order valence-electron chi connectivity index (χ1n) is 7.83. The van der Waals surface area contributed by atoms with Gasteiger partial charge in [-0.1, -0.05) is 12.1 Å². The van der Waals surface area contributed by atoms with E-state index in [0.717, 1.165) is 24.3 Å². The van der Waals surface area contributed by atoms with Crippen molar-refractivity contribution >= 4 is 0 Å². The van der Waals surface area contributed by atoms with Crippen LogP contribution in [-0.4, -0.2) is 21.2 Å². The summed E-state index contributed by atoms with van der Waals surface area (Å²) >= 11 is 0. The molecule has 0 aliphatic carbocycles. The molecule has 0 amide bonds. The van der Waals surface area contributed by atoms with Crippen LogP contribution in [0.5, 0.6) is 0 Å². The third-order valence-corrected chi connectivity index (χ3v) is 4.73. The maximum atomic E-state index is 8.90. The van der Waals surface area contributed by atoms with E-state index in [4.69, 9.17) is 5.26 Å². The largest absolute Gasteiger partial charge is 0.292 e.